The van der Waals surface area contributed by atoms with Crippen LogP contribution in [0.2, 0.25) is 0 Å². The van der Waals surface area contributed by atoms with Crippen molar-refractivity contribution in [3.8, 4) is 0 Å². The minimum atomic E-state index is -0.413. The van der Waals surface area contributed by atoms with Crippen LogP contribution in [0.5, 0.6) is 0 Å². The number of rotatable bonds is 4. The normalized spacial score (nSPS) is 19.9. The Kier molecular flexibility index (Phi) is 5.60. The number of carbonyl (C=O) groups excluding carboxylic acids is 1. The van der Waals surface area contributed by atoms with Crippen LogP contribution in [-0.4, -0.2) is 31.5 Å². The lowest BCUT2D eigenvalue weighted by molar-refractivity contribution is -0.114. The van der Waals surface area contributed by atoms with E-state index in [0.717, 1.165) is 39.9 Å². The number of halogens is 1. The van der Waals surface area contributed by atoms with Gasteiger partial charge in [0.1, 0.15) is 10.9 Å². The van der Waals surface area contributed by atoms with Gasteiger partial charge in [0.25, 0.3) is 5.91 Å². The van der Waals surface area contributed by atoms with Crippen LogP contribution in [0.25, 0.3) is 17.0 Å². The molecule has 3 heterocycles. The fourth-order valence-corrected chi connectivity index (χ4v) is 6.04. The van der Waals surface area contributed by atoms with Crippen molar-refractivity contribution >= 4 is 50.7 Å². The molecule has 176 valence electrons. The number of amidine groups is 2. The molecule has 0 radical (unpaired) electrons. The Morgan fingerprint density at radius 3 is 2.66 bits per heavy atom. The molecule has 1 fully saturated rings. The molecule has 0 spiro atoms. The number of nitrogens with one attached hydrogen (secondary N) is 1. The molecular weight excluding hydrogens is 461 g/mol. The molecule has 1 N–H and O–H groups in total. The second kappa shape index (κ2) is 8.92. The fraction of sp³-hybridized carbons (Fsp3) is 0.259. The van der Waals surface area contributed by atoms with Gasteiger partial charge < -0.3 is 4.57 Å². The summed E-state index contributed by atoms with van der Waals surface area (Å²) in [6.07, 6.45) is 9.56. The van der Waals surface area contributed by atoms with Crippen LogP contribution in [0.4, 0.5) is 4.39 Å². The summed E-state index contributed by atoms with van der Waals surface area (Å²) in [5.74, 6) is -0.222. The highest BCUT2D eigenvalue weighted by Crippen LogP contribution is 2.36. The van der Waals surface area contributed by atoms with Crippen molar-refractivity contribution in [2.24, 2.45) is 16.0 Å². The zero-order valence-corrected chi connectivity index (χ0v) is 19.9. The number of para-hydroxylation sites is 1. The van der Waals surface area contributed by atoms with Crippen molar-refractivity contribution in [3.05, 3.63) is 77.2 Å². The Morgan fingerprint density at radius 2 is 1.86 bits per heavy atom. The quantitative estimate of drug-likeness (QED) is 0.459. The molecule has 1 saturated carbocycles. The summed E-state index contributed by atoms with van der Waals surface area (Å²) in [6, 6.07) is 14.4. The molecule has 35 heavy (non-hydrogen) atoms. The van der Waals surface area contributed by atoms with Crippen LogP contribution in [0.15, 0.2) is 70.4 Å². The summed E-state index contributed by atoms with van der Waals surface area (Å²) < 4.78 is 15.4. The number of fused-ring (bicyclic) bond motifs is 2. The first-order valence-electron chi connectivity index (χ1n) is 11.9. The maximum Gasteiger partial charge on any atom is 0.283 e. The number of benzene rings is 2. The number of hydrogen-bond donors (Lipinski definition) is 1. The van der Waals surface area contributed by atoms with Gasteiger partial charge >= 0.3 is 0 Å². The zero-order valence-electron chi connectivity index (χ0n) is 19.1. The third-order valence-electron chi connectivity index (χ3n) is 6.81. The van der Waals surface area contributed by atoms with Crippen molar-refractivity contribution in [1.29, 1.82) is 5.41 Å². The van der Waals surface area contributed by atoms with Crippen LogP contribution in [-0.2, 0) is 11.3 Å². The van der Waals surface area contributed by atoms with Crippen LogP contribution in [0.1, 0.15) is 43.2 Å². The Labute approximate surface area is 206 Å². The number of hydrogen-bond acceptors (Lipinski definition) is 4. The van der Waals surface area contributed by atoms with E-state index in [1.54, 1.807) is 18.2 Å². The minimum absolute atomic E-state index is 0.0636. The van der Waals surface area contributed by atoms with E-state index in [9.17, 15) is 9.18 Å². The van der Waals surface area contributed by atoms with E-state index in [1.165, 1.54) is 48.2 Å². The number of carbonyl (C=O) groups is 1. The fourth-order valence-electron chi connectivity index (χ4n) is 4.98. The molecule has 2 aliphatic heterocycles. The van der Waals surface area contributed by atoms with Crippen LogP contribution < -0.4 is 0 Å². The molecule has 1 amide bonds. The average molecular weight is 486 g/mol. The van der Waals surface area contributed by atoms with Gasteiger partial charge in [0, 0.05) is 35.1 Å². The van der Waals surface area contributed by atoms with Gasteiger partial charge in [-0.3, -0.25) is 10.2 Å². The predicted octanol–water partition coefficient (Wildman–Crippen LogP) is 6.03. The molecule has 3 aliphatic rings. The van der Waals surface area contributed by atoms with Gasteiger partial charge in [-0.25, -0.2) is 4.39 Å². The number of amides is 1. The summed E-state index contributed by atoms with van der Waals surface area (Å²) in [7, 11) is 0. The Hall–Kier alpha value is -3.52. The molecular formula is C27H24FN5OS. The predicted molar refractivity (Wildman–Crippen MR) is 139 cm³/mol. The number of aromatic nitrogens is 1. The SMILES string of the molecule is N=C1/C(=C/c2cn(Cc3ccc(F)cc3)c3ccccc23)C(=O)N=C2SC(C3CCCCC3)=NN12. The van der Waals surface area contributed by atoms with Crippen molar-refractivity contribution in [2.45, 2.75) is 38.6 Å². The van der Waals surface area contributed by atoms with Gasteiger partial charge in [0.2, 0.25) is 5.17 Å². The van der Waals surface area contributed by atoms with Crippen LogP contribution >= 0.6 is 11.8 Å². The van der Waals surface area contributed by atoms with Gasteiger partial charge in [-0.15, -0.1) is 0 Å². The first-order chi connectivity index (χ1) is 17.1. The molecule has 3 aromatic rings. The number of aliphatic imine (C=N–C) groups is 1. The van der Waals surface area contributed by atoms with Crippen LogP contribution in [0.3, 0.4) is 0 Å². The lowest BCUT2D eigenvalue weighted by atomic mass is 9.90. The van der Waals surface area contributed by atoms with Gasteiger partial charge in [0.15, 0.2) is 5.84 Å². The van der Waals surface area contributed by atoms with Crippen LogP contribution in [0, 0.1) is 17.1 Å². The van der Waals surface area contributed by atoms with E-state index in [1.807, 2.05) is 30.5 Å². The summed E-state index contributed by atoms with van der Waals surface area (Å²) >= 11 is 1.43. The lowest BCUT2D eigenvalue weighted by Gasteiger charge is -2.20. The van der Waals surface area contributed by atoms with Crippen molar-refractivity contribution in [1.82, 2.24) is 9.58 Å². The maximum atomic E-state index is 13.3. The van der Waals surface area contributed by atoms with Gasteiger partial charge in [-0.2, -0.15) is 15.1 Å². The first-order valence-corrected chi connectivity index (χ1v) is 12.7. The topological polar surface area (TPSA) is 73.8 Å². The molecule has 0 bridgehead atoms. The monoisotopic (exact) mass is 485 g/mol. The molecule has 0 saturated heterocycles. The summed E-state index contributed by atoms with van der Waals surface area (Å²) in [5, 5.41) is 17.4. The van der Waals surface area contributed by atoms with E-state index in [0.29, 0.717) is 17.6 Å². The largest absolute Gasteiger partial charge is 0.342 e. The van der Waals surface area contributed by atoms with E-state index in [2.05, 4.69) is 9.56 Å². The molecule has 6 rings (SSSR count). The highest BCUT2D eigenvalue weighted by atomic mass is 32.2. The molecule has 1 aliphatic carbocycles. The Morgan fingerprint density at radius 1 is 1.09 bits per heavy atom. The van der Waals surface area contributed by atoms with E-state index in [4.69, 9.17) is 10.5 Å². The second-order valence-electron chi connectivity index (χ2n) is 9.15. The number of hydrazone groups is 1. The van der Waals surface area contributed by atoms with Crippen molar-refractivity contribution < 1.29 is 9.18 Å². The highest BCUT2D eigenvalue weighted by Gasteiger charge is 2.38. The standard InChI is InChI=1S/C27H24FN5OS/c28-20-12-10-17(11-13-20)15-32-16-19(21-8-4-5-9-23(21)32)14-22-24(29)33-27(30-25(22)34)35-26(31-33)18-6-2-1-3-7-18/h4-5,8-14,16,18,29H,1-3,6-7,15H2/b22-14-,29-24?. The molecule has 0 unspecified atom stereocenters. The van der Waals surface area contributed by atoms with Gasteiger partial charge in [-0.05, 0) is 54.4 Å². The molecule has 6 nitrogen and oxygen atoms in total. The molecule has 0 atom stereocenters. The molecule has 8 heteroatoms. The van der Waals surface area contributed by atoms with Crippen molar-refractivity contribution in [3.63, 3.8) is 0 Å². The minimum Gasteiger partial charge on any atom is -0.342 e. The Balaban J connectivity index is 1.34. The third-order valence-corrected chi connectivity index (χ3v) is 7.88. The molecule has 1 aromatic heterocycles. The highest BCUT2D eigenvalue weighted by molar-refractivity contribution is 8.27. The summed E-state index contributed by atoms with van der Waals surface area (Å²) in [5.41, 5.74) is 3.03. The lowest BCUT2D eigenvalue weighted by Crippen LogP contribution is -2.35. The average Bonchev–Trinajstić information content (AvgIpc) is 3.46. The van der Waals surface area contributed by atoms with E-state index >= 15 is 0 Å². The van der Waals surface area contributed by atoms with Gasteiger partial charge in [-0.1, -0.05) is 49.6 Å². The number of thioether (sulfide) groups is 1. The smallest absolute Gasteiger partial charge is 0.283 e. The molecule has 2 aromatic carbocycles. The van der Waals surface area contributed by atoms with E-state index in [-0.39, 0.29) is 17.2 Å². The van der Waals surface area contributed by atoms with Gasteiger partial charge in [0.05, 0.1) is 5.57 Å². The van der Waals surface area contributed by atoms with E-state index < -0.39 is 5.91 Å². The Bertz CT molecular complexity index is 1430. The number of nitrogens with zero attached hydrogens (tertiary/aromatic N) is 4. The second-order valence-corrected chi connectivity index (χ2v) is 10.1. The zero-order chi connectivity index (χ0) is 23.9. The summed E-state index contributed by atoms with van der Waals surface area (Å²) in [4.78, 5) is 17.3. The summed E-state index contributed by atoms with van der Waals surface area (Å²) in [6.45, 7) is 0.565. The van der Waals surface area contributed by atoms with Crippen molar-refractivity contribution in [2.75, 3.05) is 0 Å². The maximum absolute atomic E-state index is 13.3. The third kappa shape index (κ3) is 4.12. The first kappa shape index (κ1) is 22.0.